The summed E-state index contributed by atoms with van der Waals surface area (Å²) in [5, 5.41) is 10.0. The Bertz CT molecular complexity index is 492. The first kappa shape index (κ1) is 17.4. The van der Waals surface area contributed by atoms with Gasteiger partial charge in [0.05, 0.1) is 18.8 Å². The van der Waals surface area contributed by atoms with Crippen LogP contribution in [-0.4, -0.2) is 46.2 Å². The van der Waals surface area contributed by atoms with Crippen LogP contribution in [0.1, 0.15) is 45.4 Å². The Morgan fingerprint density at radius 2 is 2.00 bits per heavy atom. The number of ether oxygens (including phenoxy) is 2. The molecule has 1 saturated carbocycles. The molecule has 3 fully saturated rings. The van der Waals surface area contributed by atoms with Gasteiger partial charge in [0.15, 0.2) is 0 Å². The highest BCUT2D eigenvalue weighted by molar-refractivity contribution is 8.02. The lowest BCUT2D eigenvalue weighted by Gasteiger charge is -2.53. The van der Waals surface area contributed by atoms with Crippen LogP contribution in [0.4, 0.5) is 13.2 Å². The standard InChI is InChI=1S/C15H21F3O4S/c1-2-21-11(19)10-13(20)8-14(23-10,15(16,17)18)22-9-12(13)6-4-3-5-7-12/h10,20H,2-9H2,1H3. The molecule has 0 aromatic carbocycles. The number of fused-ring (bicyclic) bond motifs is 3. The smallest absolute Gasteiger partial charge is 0.427 e. The van der Waals surface area contributed by atoms with Crippen LogP contribution in [0.15, 0.2) is 0 Å². The Balaban J connectivity index is 2.01. The molecule has 1 spiro atoms. The number of hydrogen-bond acceptors (Lipinski definition) is 5. The van der Waals surface area contributed by atoms with Crippen molar-refractivity contribution < 1.29 is 32.5 Å². The molecule has 4 nitrogen and oxygen atoms in total. The van der Waals surface area contributed by atoms with E-state index >= 15 is 0 Å². The zero-order chi connectivity index (χ0) is 16.9. The topological polar surface area (TPSA) is 55.8 Å². The molecule has 0 amide bonds. The second kappa shape index (κ2) is 5.52. The van der Waals surface area contributed by atoms with Crippen LogP contribution >= 0.6 is 11.8 Å². The minimum Gasteiger partial charge on any atom is -0.465 e. The van der Waals surface area contributed by atoms with E-state index in [2.05, 4.69) is 0 Å². The van der Waals surface area contributed by atoms with E-state index in [4.69, 9.17) is 9.47 Å². The predicted molar refractivity (Wildman–Crippen MR) is 77.8 cm³/mol. The highest BCUT2D eigenvalue weighted by Gasteiger charge is 2.77. The van der Waals surface area contributed by atoms with Crippen molar-refractivity contribution in [2.45, 2.75) is 67.4 Å². The maximum atomic E-state index is 13.6. The number of carbonyl (C=O) groups excluding carboxylic acids is 1. The van der Waals surface area contributed by atoms with E-state index in [-0.39, 0.29) is 13.2 Å². The first-order valence-corrected chi connectivity index (χ1v) is 8.85. The van der Waals surface area contributed by atoms with E-state index in [9.17, 15) is 23.1 Å². The SMILES string of the molecule is CCOC(=O)C1SC2(C(F)(F)F)CC1(O)C1(CCCCC1)CO2. The Hall–Kier alpha value is -0.470. The average Bonchev–Trinajstić information content (AvgIpc) is 2.77. The van der Waals surface area contributed by atoms with Crippen molar-refractivity contribution in [2.75, 3.05) is 13.2 Å². The van der Waals surface area contributed by atoms with Crippen LogP contribution in [0, 0.1) is 5.41 Å². The zero-order valence-electron chi connectivity index (χ0n) is 12.9. The molecule has 3 rings (SSSR count). The summed E-state index contributed by atoms with van der Waals surface area (Å²) in [5.74, 6) is -0.776. The van der Waals surface area contributed by atoms with E-state index in [1.807, 2.05) is 0 Å². The van der Waals surface area contributed by atoms with Gasteiger partial charge in [-0.2, -0.15) is 13.2 Å². The Morgan fingerprint density at radius 3 is 2.57 bits per heavy atom. The van der Waals surface area contributed by atoms with Crippen molar-refractivity contribution in [2.24, 2.45) is 5.41 Å². The van der Waals surface area contributed by atoms with Gasteiger partial charge in [-0.25, -0.2) is 0 Å². The number of alkyl halides is 3. The van der Waals surface area contributed by atoms with Crippen LogP contribution in [0.2, 0.25) is 0 Å². The molecule has 2 heterocycles. The van der Waals surface area contributed by atoms with Crippen LogP contribution in [0.3, 0.4) is 0 Å². The van der Waals surface area contributed by atoms with Gasteiger partial charge >= 0.3 is 12.1 Å². The maximum absolute atomic E-state index is 13.6. The third-order valence-electron chi connectivity index (χ3n) is 5.49. The van der Waals surface area contributed by atoms with E-state index in [0.29, 0.717) is 24.6 Å². The second-order valence-electron chi connectivity index (χ2n) is 6.73. The number of carbonyl (C=O) groups is 1. The number of halogens is 3. The number of hydrogen-bond donors (Lipinski definition) is 1. The molecular weight excluding hydrogens is 333 g/mol. The molecular formula is C15H21F3O4S. The third-order valence-corrected chi connectivity index (χ3v) is 7.18. The fourth-order valence-electron chi connectivity index (χ4n) is 4.22. The summed E-state index contributed by atoms with van der Waals surface area (Å²) in [5.41, 5.74) is -2.53. The van der Waals surface area contributed by atoms with Crippen molar-refractivity contribution in [1.82, 2.24) is 0 Å². The normalized spacial score (nSPS) is 39.4. The van der Waals surface area contributed by atoms with E-state index in [1.54, 1.807) is 6.92 Å². The predicted octanol–water partition coefficient (Wildman–Crippen LogP) is 3.03. The third kappa shape index (κ3) is 2.40. The average molecular weight is 354 g/mol. The molecule has 8 heteroatoms. The van der Waals surface area contributed by atoms with Gasteiger partial charge in [-0.3, -0.25) is 4.79 Å². The van der Waals surface area contributed by atoms with Crippen LogP contribution in [0.25, 0.3) is 0 Å². The van der Waals surface area contributed by atoms with Gasteiger partial charge < -0.3 is 14.6 Å². The zero-order valence-corrected chi connectivity index (χ0v) is 13.8. The molecule has 23 heavy (non-hydrogen) atoms. The largest absolute Gasteiger partial charge is 0.465 e. The maximum Gasteiger partial charge on any atom is 0.427 e. The second-order valence-corrected chi connectivity index (χ2v) is 8.10. The summed E-state index contributed by atoms with van der Waals surface area (Å²) in [4.78, 5) is 9.75. The Kier molecular flexibility index (Phi) is 4.17. The van der Waals surface area contributed by atoms with Crippen molar-refractivity contribution in [3.05, 3.63) is 0 Å². The number of rotatable bonds is 2. The van der Waals surface area contributed by atoms with Crippen molar-refractivity contribution >= 4 is 17.7 Å². The van der Waals surface area contributed by atoms with Crippen molar-refractivity contribution in [1.29, 1.82) is 0 Å². The molecule has 132 valence electrons. The highest BCUT2D eigenvalue weighted by Crippen LogP contribution is 2.67. The van der Waals surface area contributed by atoms with E-state index in [0.717, 1.165) is 19.3 Å². The summed E-state index contributed by atoms with van der Waals surface area (Å²) in [6.45, 7) is 1.50. The Morgan fingerprint density at radius 1 is 1.35 bits per heavy atom. The van der Waals surface area contributed by atoms with Gasteiger partial charge in [0.1, 0.15) is 5.25 Å². The van der Waals surface area contributed by atoms with Gasteiger partial charge in [-0.1, -0.05) is 31.0 Å². The summed E-state index contributed by atoms with van der Waals surface area (Å²) in [6, 6.07) is 0. The van der Waals surface area contributed by atoms with Crippen molar-refractivity contribution in [3.8, 4) is 0 Å². The van der Waals surface area contributed by atoms with Crippen LogP contribution < -0.4 is 0 Å². The highest BCUT2D eigenvalue weighted by atomic mass is 32.2. The van der Waals surface area contributed by atoms with Crippen molar-refractivity contribution in [3.63, 3.8) is 0 Å². The van der Waals surface area contributed by atoms with Gasteiger partial charge in [-0.05, 0) is 19.8 Å². The lowest BCUT2D eigenvalue weighted by molar-refractivity contribution is -0.295. The molecule has 0 aromatic rings. The molecule has 3 aliphatic rings. The van der Waals surface area contributed by atoms with Crippen LogP contribution in [0.5, 0.6) is 0 Å². The quantitative estimate of drug-likeness (QED) is 0.773. The summed E-state index contributed by atoms with van der Waals surface area (Å²) < 4.78 is 50.9. The molecule has 0 radical (unpaired) electrons. The van der Waals surface area contributed by atoms with Gasteiger partial charge in [0, 0.05) is 11.8 Å². The number of esters is 1. The number of thioether (sulfide) groups is 1. The lowest BCUT2D eigenvalue weighted by atomic mass is 9.59. The minimum absolute atomic E-state index is 0.0683. The summed E-state index contributed by atoms with van der Waals surface area (Å²) >= 11 is 0.378. The molecule has 2 saturated heterocycles. The van der Waals surface area contributed by atoms with E-state index in [1.165, 1.54) is 0 Å². The molecule has 3 unspecified atom stereocenters. The molecule has 1 aliphatic carbocycles. The molecule has 2 bridgehead atoms. The fourth-order valence-corrected chi connectivity index (χ4v) is 5.86. The number of aliphatic hydroxyl groups is 1. The summed E-state index contributed by atoms with van der Waals surface area (Å²) in [7, 11) is 0. The Labute approximate surface area is 137 Å². The monoisotopic (exact) mass is 354 g/mol. The van der Waals surface area contributed by atoms with Gasteiger partial charge in [0.2, 0.25) is 4.93 Å². The first-order valence-electron chi connectivity index (χ1n) is 7.97. The van der Waals surface area contributed by atoms with E-state index < -0.39 is 39.8 Å². The first-order chi connectivity index (χ1) is 10.7. The van der Waals surface area contributed by atoms with Crippen LogP contribution in [-0.2, 0) is 14.3 Å². The minimum atomic E-state index is -4.65. The van der Waals surface area contributed by atoms with Gasteiger partial charge in [-0.15, -0.1) is 0 Å². The van der Waals surface area contributed by atoms with Gasteiger partial charge in [0.25, 0.3) is 0 Å². The summed E-state index contributed by atoms with van der Waals surface area (Å²) in [6.07, 6.45) is -1.46. The fraction of sp³-hybridized carbons (Fsp3) is 0.933. The molecule has 0 aromatic heterocycles. The lowest BCUT2D eigenvalue weighted by Crippen LogP contribution is -2.63. The molecule has 1 N–H and O–H groups in total. The molecule has 3 atom stereocenters. The molecule has 2 aliphatic heterocycles.